The van der Waals surface area contributed by atoms with E-state index in [4.69, 9.17) is 4.74 Å². The van der Waals surface area contributed by atoms with E-state index in [-0.39, 0.29) is 10.8 Å². The van der Waals surface area contributed by atoms with Crippen molar-refractivity contribution in [2.75, 3.05) is 6.61 Å². The van der Waals surface area contributed by atoms with Gasteiger partial charge in [0.25, 0.3) is 0 Å². The van der Waals surface area contributed by atoms with Crippen LogP contribution < -0.4 is 4.74 Å². The maximum atomic E-state index is 6.02. The molecule has 0 fully saturated rings. The lowest BCUT2D eigenvalue weighted by Crippen LogP contribution is -2.33. The fourth-order valence-corrected chi connectivity index (χ4v) is 3.67. The predicted molar refractivity (Wildman–Crippen MR) is 94.4 cm³/mol. The molecule has 1 aliphatic rings. The average Bonchev–Trinajstić information content (AvgIpc) is 2.41. The van der Waals surface area contributed by atoms with Gasteiger partial charge in [-0.3, -0.25) is 0 Å². The molecule has 0 N–H and O–H groups in total. The van der Waals surface area contributed by atoms with Crippen LogP contribution >= 0.6 is 15.9 Å². The van der Waals surface area contributed by atoms with E-state index >= 15 is 0 Å². The molecule has 0 radical (unpaired) electrons. The molecule has 21 heavy (non-hydrogen) atoms. The van der Waals surface area contributed by atoms with Gasteiger partial charge in [-0.2, -0.15) is 0 Å². The van der Waals surface area contributed by atoms with Gasteiger partial charge in [-0.1, -0.05) is 47.5 Å². The fraction of sp³-hybridized carbons (Fsp3) is 0.684. The first-order chi connectivity index (χ1) is 9.78. The Morgan fingerprint density at radius 3 is 2.14 bits per heavy atom. The monoisotopic (exact) mass is 352 g/mol. The molecule has 0 bridgehead atoms. The van der Waals surface area contributed by atoms with Gasteiger partial charge in [-0.25, -0.2) is 0 Å². The van der Waals surface area contributed by atoms with Gasteiger partial charge < -0.3 is 4.74 Å². The van der Waals surface area contributed by atoms with Gasteiger partial charge in [0.1, 0.15) is 5.75 Å². The molecule has 0 unspecified atom stereocenters. The number of ether oxygens (including phenoxy) is 1. The fourth-order valence-electron chi connectivity index (χ4n) is 3.21. The molecule has 0 heterocycles. The molecule has 0 saturated carbocycles. The molecule has 2 rings (SSSR count). The molecule has 0 amide bonds. The van der Waals surface area contributed by atoms with Crippen LogP contribution in [0.15, 0.2) is 16.6 Å². The third-order valence-electron chi connectivity index (χ3n) is 4.91. The maximum Gasteiger partial charge on any atom is 0.133 e. The minimum absolute atomic E-state index is 0.243. The van der Waals surface area contributed by atoms with E-state index in [9.17, 15) is 0 Å². The predicted octanol–water partition coefficient (Wildman–Crippen LogP) is 6.37. The zero-order valence-corrected chi connectivity index (χ0v) is 15.8. The Bertz CT molecular complexity index is 503. The van der Waals surface area contributed by atoms with E-state index in [1.54, 1.807) is 0 Å². The van der Waals surface area contributed by atoms with Crippen LogP contribution in [0.25, 0.3) is 0 Å². The Hall–Kier alpha value is -0.500. The van der Waals surface area contributed by atoms with Gasteiger partial charge in [-0.15, -0.1) is 0 Å². The van der Waals surface area contributed by atoms with E-state index in [0.717, 1.165) is 23.2 Å². The zero-order chi connectivity index (χ0) is 15.7. The molecular weight excluding hydrogens is 324 g/mol. The molecule has 1 aromatic carbocycles. The Labute approximate surface area is 138 Å². The van der Waals surface area contributed by atoms with E-state index in [0.29, 0.717) is 0 Å². The Morgan fingerprint density at radius 2 is 1.57 bits per heavy atom. The molecule has 2 heteroatoms. The van der Waals surface area contributed by atoms with Gasteiger partial charge in [-0.05, 0) is 69.3 Å². The van der Waals surface area contributed by atoms with Crippen molar-refractivity contribution in [3.05, 3.63) is 27.7 Å². The second-order valence-corrected chi connectivity index (χ2v) is 8.51. The summed E-state index contributed by atoms with van der Waals surface area (Å²) < 4.78 is 7.12. The first-order valence-corrected chi connectivity index (χ1v) is 9.04. The number of hydrogen-bond acceptors (Lipinski definition) is 1. The smallest absolute Gasteiger partial charge is 0.133 e. The highest BCUT2D eigenvalue weighted by molar-refractivity contribution is 9.10. The van der Waals surface area contributed by atoms with Crippen LogP contribution in [0.1, 0.15) is 77.8 Å². The van der Waals surface area contributed by atoms with Crippen molar-refractivity contribution in [2.45, 2.75) is 77.6 Å². The van der Waals surface area contributed by atoms with Gasteiger partial charge >= 0.3 is 0 Å². The Balaban J connectivity index is 2.31. The topological polar surface area (TPSA) is 9.23 Å². The van der Waals surface area contributed by atoms with Crippen molar-refractivity contribution < 1.29 is 4.74 Å². The lowest BCUT2D eigenvalue weighted by Gasteiger charge is -2.42. The van der Waals surface area contributed by atoms with Gasteiger partial charge in [0.15, 0.2) is 0 Å². The summed E-state index contributed by atoms with van der Waals surface area (Å²) in [6, 6.07) is 4.58. The van der Waals surface area contributed by atoms with Crippen molar-refractivity contribution in [1.29, 1.82) is 0 Å². The minimum Gasteiger partial charge on any atom is -0.492 e. The standard InChI is InChI=1S/C19H29BrO/c1-6-7-8-11-21-17-13-15-14(12-16(17)20)18(2,3)9-10-19(15,4)5/h12-13H,6-11H2,1-5H3. The van der Waals surface area contributed by atoms with Crippen LogP contribution in [0, 0.1) is 0 Å². The van der Waals surface area contributed by atoms with Crippen LogP contribution in [-0.4, -0.2) is 6.61 Å². The molecule has 0 saturated heterocycles. The Morgan fingerprint density at radius 1 is 1.00 bits per heavy atom. The van der Waals surface area contributed by atoms with Crippen LogP contribution in [0.4, 0.5) is 0 Å². The lowest BCUT2D eigenvalue weighted by molar-refractivity contribution is 0.297. The number of benzene rings is 1. The minimum atomic E-state index is 0.243. The first kappa shape index (κ1) is 16.9. The highest BCUT2D eigenvalue weighted by atomic mass is 79.9. The molecule has 1 aliphatic carbocycles. The van der Waals surface area contributed by atoms with E-state index in [1.165, 1.54) is 36.8 Å². The normalized spacial score (nSPS) is 19.1. The second-order valence-electron chi connectivity index (χ2n) is 7.65. The molecule has 1 aromatic rings. The third kappa shape index (κ3) is 3.64. The number of fused-ring (bicyclic) bond motifs is 1. The second kappa shape index (κ2) is 6.32. The van der Waals surface area contributed by atoms with E-state index in [2.05, 4.69) is 62.7 Å². The van der Waals surface area contributed by atoms with Crippen molar-refractivity contribution in [2.24, 2.45) is 0 Å². The average molecular weight is 353 g/mol. The largest absolute Gasteiger partial charge is 0.492 e. The van der Waals surface area contributed by atoms with Crippen molar-refractivity contribution >= 4 is 15.9 Å². The van der Waals surface area contributed by atoms with Gasteiger partial charge in [0.2, 0.25) is 0 Å². The highest BCUT2D eigenvalue weighted by Crippen LogP contribution is 2.48. The van der Waals surface area contributed by atoms with E-state index in [1.807, 2.05) is 0 Å². The number of halogens is 1. The van der Waals surface area contributed by atoms with E-state index < -0.39 is 0 Å². The SMILES string of the molecule is CCCCCOc1cc2c(cc1Br)C(C)(C)CCC2(C)C. The summed E-state index contributed by atoms with van der Waals surface area (Å²) in [4.78, 5) is 0. The zero-order valence-electron chi connectivity index (χ0n) is 14.2. The molecule has 0 aromatic heterocycles. The molecule has 0 atom stereocenters. The quantitative estimate of drug-likeness (QED) is 0.559. The van der Waals surface area contributed by atoms with Crippen molar-refractivity contribution in [3.8, 4) is 5.75 Å². The van der Waals surface area contributed by atoms with Crippen molar-refractivity contribution in [1.82, 2.24) is 0 Å². The van der Waals surface area contributed by atoms with Gasteiger partial charge in [0.05, 0.1) is 11.1 Å². The van der Waals surface area contributed by atoms with Crippen LogP contribution in [0.2, 0.25) is 0 Å². The molecule has 0 aliphatic heterocycles. The first-order valence-electron chi connectivity index (χ1n) is 8.25. The molecule has 1 nitrogen and oxygen atoms in total. The van der Waals surface area contributed by atoms with Gasteiger partial charge in [0, 0.05) is 0 Å². The summed E-state index contributed by atoms with van der Waals surface area (Å²) in [6.45, 7) is 12.5. The summed E-state index contributed by atoms with van der Waals surface area (Å²) in [5.41, 5.74) is 3.44. The summed E-state index contributed by atoms with van der Waals surface area (Å²) in [5.74, 6) is 1.01. The molecule has 118 valence electrons. The van der Waals surface area contributed by atoms with Crippen LogP contribution in [-0.2, 0) is 10.8 Å². The highest BCUT2D eigenvalue weighted by Gasteiger charge is 2.37. The Kier molecular flexibility index (Phi) is 5.07. The molecule has 0 spiro atoms. The number of rotatable bonds is 5. The van der Waals surface area contributed by atoms with Crippen molar-refractivity contribution in [3.63, 3.8) is 0 Å². The third-order valence-corrected chi connectivity index (χ3v) is 5.53. The summed E-state index contributed by atoms with van der Waals surface area (Å²) in [7, 11) is 0. The summed E-state index contributed by atoms with van der Waals surface area (Å²) in [6.07, 6.45) is 6.09. The lowest BCUT2D eigenvalue weighted by atomic mass is 9.63. The van der Waals surface area contributed by atoms with Crippen LogP contribution in [0.5, 0.6) is 5.75 Å². The number of unbranched alkanes of at least 4 members (excludes halogenated alkanes) is 2. The maximum absolute atomic E-state index is 6.02. The summed E-state index contributed by atoms with van der Waals surface area (Å²) >= 11 is 3.71. The molecular formula is C19H29BrO. The summed E-state index contributed by atoms with van der Waals surface area (Å²) in [5, 5.41) is 0. The number of hydrogen-bond donors (Lipinski definition) is 0. The van der Waals surface area contributed by atoms with Crippen LogP contribution in [0.3, 0.4) is 0 Å².